The maximum absolute atomic E-state index is 11.9. The van der Waals surface area contributed by atoms with Gasteiger partial charge in [0.15, 0.2) is 0 Å². The molecule has 0 radical (unpaired) electrons. The Balaban J connectivity index is 2.00. The van der Waals surface area contributed by atoms with Crippen LogP contribution in [0, 0.1) is 6.92 Å². The lowest BCUT2D eigenvalue weighted by Gasteiger charge is -2.24. The fourth-order valence-corrected chi connectivity index (χ4v) is 2.73. The van der Waals surface area contributed by atoms with E-state index < -0.39 is 0 Å². The Morgan fingerprint density at radius 1 is 1.37 bits per heavy atom. The zero-order chi connectivity index (χ0) is 13.8. The van der Waals surface area contributed by atoms with Crippen molar-refractivity contribution in [3.8, 4) is 0 Å². The standard InChI is InChI=1S/C16H24N2O/c1-12(2)17-16(19)11-18-10-4-5-15(18)14-8-6-13(3)7-9-14/h6-9,12,15H,4-5,10-11H2,1-3H3,(H,17,19)/t15-/m1/s1. The third kappa shape index (κ3) is 3.80. The van der Waals surface area contributed by atoms with Crippen molar-refractivity contribution in [3.05, 3.63) is 35.4 Å². The lowest BCUT2D eigenvalue weighted by Crippen LogP contribution is -2.39. The average Bonchev–Trinajstić information content (AvgIpc) is 2.77. The molecule has 1 amide bonds. The molecule has 3 heteroatoms. The first-order valence-electron chi connectivity index (χ1n) is 7.16. The van der Waals surface area contributed by atoms with Crippen LogP contribution in [0.3, 0.4) is 0 Å². The van der Waals surface area contributed by atoms with Crippen molar-refractivity contribution in [2.45, 2.75) is 45.7 Å². The van der Waals surface area contributed by atoms with Crippen LogP contribution < -0.4 is 5.32 Å². The van der Waals surface area contributed by atoms with Gasteiger partial charge in [-0.05, 0) is 45.7 Å². The van der Waals surface area contributed by atoms with Gasteiger partial charge in [0.05, 0.1) is 6.54 Å². The Kier molecular flexibility index (Phi) is 4.59. The molecule has 1 saturated heterocycles. The molecule has 1 aromatic carbocycles. The summed E-state index contributed by atoms with van der Waals surface area (Å²) in [5.41, 5.74) is 2.62. The monoisotopic (exact) mass is 260 g/mol. The molecule has 3 nitrogen and oxygen atoms in total. The molecule has 1 aromatic rings. The molecular formula is C16H24N2O. The van der Waals surface area contributed by atoms with Crippen molar-refractivity contribution >= 4 is 5.91 Å². The second kappa shape index (κ2) is 6.20. The number of likely N-dealkylation sites (tertiary alicyclic amines) is 1. The highest BCUT2D eigenvalue weighted by Crippen LogP contribution is 2.31. The van der Waals surface area contributed by atoms with Gasteiger partial charge in [0.25, 0.3) is 0 Å². The van der Waals surface area contributed by atoms with E-state index in [9.17, 15) is 4.79 Å². The number of benzene rings is 1. The lowest BCUT2D eigenvalue weighted by molar-refractivity contribution is -0.122. The number of carbonyl (C=O) groups is 1. The average molecular weight is 260 g/mol. The van der Waals surface area contributed by atoms with Crippen molar-refractivity contribution in [1.82, 2.24) is 10.2 Å². The Morgan fingerprint density at radius 2 is 2.05 bits per heavy atom. The topological polar surface area (TPSA) is 32.3 Å². The molecule has 1 fully saturated rings. The summed E-state index contributed by atoms with van der Waals surface area (Å²) in [5, 5.41) is 2.97. The number of nitrogens with one attached hydrogen (secondary N) is 1. The van der Waals surface area contributed by atoms with Crippen LogP contribution in [0.2, 0.25) is 0 Å². The van der Waals surface area contributed by atoms with Crippen molar-refractivity contribution < 1.29 is 4.79 Å². The van der Waals surface area contributed by atoms with Gasteiger partial charge in [0.1, 0.15) is 0 Å². The van der Waals surface area contributed by atoms with E-state index in [4.69, 9.17) is 0 Å². The summed E-state index contributed by atoms with van der Waals surface area (Å²) in [5.74, 6) is 0.133. The van der Waals surface area contributed by atoms with E-state index in [-0.39, 0.29) is 11.9 Å². The molecule has 0 aliphatic carbocycles. The van der Waals surface area contributed by atoms with Crippen LogP contribution >= 0.6 is 0 Å². The normalized spacial score (nSPS) is 19.9. The van der Waals surface area contributed by atoms with Crippen molar-refractivity contribution in [1.29, 1.82) is 0 Å². The number of hydrogen-bond acceptors (Lipinski definition) is 2. The minimum Gasteiger partial charge on any atom is -0.353 e. The number of aryl methyl sites for hydroxylation is 1. The first-order chi connectivity index (χ1) is 9.06. The Morgan fingerprint density at radius 3 is 2.68 bits per heavy atom. The van der Waals surface area contributed by atoms with Crippen LogP contribution in [0.5, 0.6) is 0 Å². The molecule has 0 spiro atoms. The third-order valence-electron chi connectivity index (χ3n) is 3.62. The summed E-state index contributed by atoms with van der Waals surface area (Å²) in [6, 6.07) is 9.31. The summed E-state index contributed by atoms with van der Waals surface area (Å²) >= 11 is 0. The zero-order valence-electron chi connectivity index (χ0n) is 12.1. The van der Waals surface area contributed by atoms with E-state index in [1.807, 2.05) is 13.8 Å². The molecule has 0 bridgehead atoms. The molecule has 1 atom stereocenters. The largest absolute Gasteiger partial charge is 0.353 e. The van der Waals surface area contributed by atoms with Gasteiger partial charge in [-0.2, -0.15) is 0 Å². The van der Waals surface area contributed by atoms with E-state index in [0.717, 1.165) is 13.0 Å². The van der Waals surface area contributed by atoms with E-state index in [2.05, 4.69) is 41.4 Å². The smallest absolute Gasteiger partial charge is 0.234 e. The van der Waals surface area contributed by atoms with Gasteiger partial charge >= 0.3 is 0 Å². The second-order valence-electron chi connectivity index (χ2n) is 5.76. The molecule has 2 rings (SSSR count). The van der Waals surface area contributed by atoms with E-state index in [1.54, 1.807) is 0 Å². The Hall–Kier alpha value is -1.35. The molecule has 1 N–H and O–H groups in total. The van der Waals surface area contributed by atoms with E-state index in [1.165, 1.54) is 17.5 Å². The summed E-state index contributed by atoms with van der Waals surface area (Å²) in [4.78, 5) is 14.2. The lowest BCUT2D eigenvalue weighted by atomic mass is 10.0. The van der Waals surface area contributed by atoms with Crippen LogP contribution in [0.1, 0.15) is 43.9 Å². The number of rotatable bonds is 4. The number of carbonyl (C=O) groups excluding carboxylic acids is 1. The second-order valence-corrected chi connectivity index (χ2v) is 5.76. The van der Waals surface area contributed by atoms with Crippen molar-refractivity contribution in [2.75, 3.05) is 13.1 Å². The minimum absolute atomic E-state index is 0.133. The molecular weight excluding hydrogens is 236 g/mol. The minimum atomic E-state index is 0.133. The maximum atomic E-state index is 11.9. The summed E-state index contributed by atoms with van der Waals surface area (Å²) in [6.07, 6.45) is 2.32. The summed E-state index contributed by atoms with van der Waals surface area (Å²) < 4.78 is 0. The van der Waals surface area contributed by atoms with Gasteiger partial charge in [0.2, 0.25) is 5.91 Å². The van der Waals surface area contributed by atoms with Crippen molar-refractivity contribution in [2.24, 2.45) is 0 Å². The molecule has 1 aliphatic heterocycles. The first kappa shape index (κ1) is 14.1. The number of nitrogens with zero attached hydrogens (tertiary/aromatic N) is 1. The highest BCUT2D eigenvalue weighted by molar-refractivity contribution is 5.78. The predicted octanol–water partition coefficient (Wildman–Crippen LogP) is 2.66. The van der Waals surface area contributed by atoms with Crippen LogP contribution in [0.25, 0.3) is 0 Å². The summed E-state index contributed by atoms with van der Waals surface area (Å²) in [7, 11) is 0. The molecule has 104 valence electrons. The maximum Gasteiger partial charge on any atom is 0.234 e. The van der Waals surface area contributed by atoms with Crippen molar-refractivity contribution in [3.63, 3.8) is 0 Å². The molecule has 19 heavy (non-hydrogen) atoms. The fourth-order valence-electron chi connectivity index (χ4n) is 2.73. The molecule has 1 aliphatic rings. The fraction of sp³-hybridized carbons (Fsp3) is 0.562. The van der Waals surface area contributed by atoms with Gasteiger partial charge in [-0.3, -0.25) is 9.69 Å². The van der Waals surface area contributed by atoms with Gasteiger partial charge < -0.3 is 5.32 Å². The highest BCUT2D eigenvalue weighted by Gasteiger charge is 2.27. The van der Waals surface area contributed by atoms with Gasteiger partial charge in [-0.1, -0.05) is 29.8 Å². The predicted molar refractivity (Wildman–Crippen MR) is 78.0 cm³/mol. The Bertz CT molecular complexity index is 425. The Labute approximate surface area is 116 Å². The van der Waals surface area contributed by atoms with E-state index >= 15 is 0 Å². The SMILES string of the molecule is Cc1ccc([C@H]2CCCN2CC(=O)NC(C)C)cc1. The van der Waals surface area contributed by atoms with E-state index in [0.29, 0.717) is 12.6 Å². The third-order valence-corrected chi connectivity index (χ3v) is 3.62. The van der Waals surface area contributed by atoms with Crippen LogP contribution in [-0.2, 0) is 4.79 Å². The molecule has 1 heterocycles. The van der Waals surface area contributed by atoms with Crippen LogP contribution in [0.15, 0.2) is 24.3 Å². The van der Waals surface area contributed by atoms with Crippen LogP contribution in [0.4, 0.5) is 0 Å². The quantitative estimate of drug-likeness (QED) is 0.902. The number of amides is 1. The molecule has 0 saturated carbocycles. The highest BCUT2D eigenvalue weighted by atomic mass is 16.2. The van der Waals surface area contributed by atoms with Gasteiger partial charge in [0, 0.05) is 12.1 Å². The van der Waals surface area contributed by atoms with Gasteiger partial charge in [-0.25, -0.2) is 0 Å². The first-order valence-corrected chi connectivity index (χ1v) is 7.16. The summed E-state index contributed by atoms with van der Waals surface area (Å²) in [6.45, 7) is 7.63. The van der Waals surface area contributed by atoms with Crippen LogP contribution in [-0.4, -0.2) is 29.9 Å². The molecule has 0 unspecified atom stereocenters. The zero-order valence-corrected chi connectivity index (χ0v) is 12.1. The molecule has 0 aromatic heterocycles. The number of hydrogen-bond donors (Lipinski definition) is 1. The van der Waals surface area contributed by atoms with Gasteiger partial charge in [-0.15, -0.1) is 0 Å².